The third-order valence-electron chi connectivity index (χ3n) is 3.54. The summed E-state index contributed by atoms with van der Waals surface area (Å²) < 4.78 is 38.2. The summed E-state index contributed by atoms with van der Waals surface area (Å²) in [5, 5.41) is 0. The highest BCUT2D eigenvalue weighted by Gasteiger charge is 2.34. The first kappa shape index (κ1) is 16.3. The molecule has 2 rings (SSSR count). The van der Waals surface area contributed by atoms with Gasteiger partial charge in [0.15, 0.2) is 11.6 Å². The first-order valence-electron chi connectivity index (χ1n) is 6.80. The number of allylic oxidation sites excluding steroid dienone is 1. The van der Waals surface area contributed by atoms with Crippen LogP contribution in [0.2, 0.25) is 0 Å². The molecule has 6 heteroatoms. The van der Waals surface area contributed by atoms with Crippen LogP contribution in [-0.4, -0.2) is 30.6 Å². The molecular weight excluding hydrogens is 295 g/mol. The van der Waals surface area contributed by atoms with Crippen molar-refractivity contribution in [3.05, 3.63) is 47.2 Å². The number of hydrogen-bond donors (Lipinski definition) is 0. The third-order valence-corrected chi connectivity index (χ3v) is 3.54. The lowest BCUT2D eigenvalue weighted by Crippen LogP contribution is -2.26. The summed E-state index contributed by atoms with van der Waals surface area (Å²) in [6.45, 7) is 0. The van der Waals surface area contributed by atoms with Crippen LogP contribution in [0, 0.1) is 0 Å². The lowest BCUT2D eigenvalue weighted by atomic mass is 9.80. The molecule has 1 aromatic carbocycles. The molecule has 1 fully saturated rings. The zero-order valence-corrected chi connectivity index (χ0v) is 12.3. The zero-order valence-electron chi connectivity index (χ0n) is 12.3. The van der Waals surface area contributed by atoms with E-state index in [2.05, 4.69) is 0 Å². The maximum Gasteiger partial charge on any atom is 0.416 e. The van der Waals surface area contributed by atoms with Crippen LogP contribution < -0.4 is 0 Å². The van der Waals surface area contributed by atoms with Gasteiger partial charge in [-0.25, -0.2) is 0 Å². The SMILES string of the molecule is CN(C)C=C1C(=O)CC(c2cccc(C(F)(F)F)c2)CC1=O. The molecule has 1 aromatic rings. The third kappa shape index (κ3) is 3.55. The van der Waals surface area contributed by atoms with Crippen molar-refractivity contribution in [2.75, 3.05) is 14.1 Å². The molecule has 0 saturated heterocycles. The molecule has 0 bridgehead atoms. The van der Waals surface area contributed by atoms with Gasteiger partial charge < -0.3 is 4.90 Å². The summed E-state index contributed by atoms with van der Waals surface area (Å²) in [6.07, 6.45) is -2.87. The van der Waals surface area contributed by atoms with Crippen molar-refractivity contribution < 1.29 is 22.8 Å². The number of carbonyl (C=O) groups is 2. The van der Waals surface area contributed by atoms with Gasteiger partial charge in [0.1, 0.15) is 0 Å². The molecule has 0 spiro atoms. The van der Waals surface area contributed by atoms with Crippen molar-refractivity contribution in [1.82, 2.24) is 4.90 Å². The van der Waals surface area contributed by atoms with Gasteiger partial charge in [-0.3, -0.25) is 9.59 Å². The van der Waals surface area contributed by atoms with Crippen molar-refractivity contribution in [2.24, 2.45) is 0 Å². The Morgan fingerprint density at radius 2 is 1.73 bits per heavy atom. The Balaban J connectivity index is 2.27. The first-order valence-corrected chi connectivity index (χ1v) is 6.80. The quantitative estimate of drug-likeness (QED) is 0.622. The van der Waals surface area contributed by atoms with E-state index in [1.165, 1.54) is 18.3 Å². The number of alkyl halides is 3. The van der Waals surface area contributed by atoms with Crippen LogP contribution in [0.4, 0.5) is 13.2 Å². The molecule has 3 nitrogen and oxygen atoms in total. The topological polar surface area (TPSA) is 37.4 Å². The summed E-state index contributed by atoms with van der Waals surface area (Å²) in [5.41, 5.74) is -0.270. The minimum atomic E-state index is -4.44. The van der Waals surface area contributed by atoms with Crippen LogP contribution in [-0.2, 0) is 15.8 Å². The van der Waals surface area contributed by atoms with E-state index in [9.17, 15) is 22.8 Å². The summed E-state index contributed by atoms with van der Waals surface area (Å²) in [5.74, 6) is -1.15. The van der Waals surface area contributed by atoms with Crippen molar-refractivity contribution in [2.45, 2.75) is 24.9 Å². The molecule has 0 N–H and O–H groups in total. The second-order valence-electron chi connectivity index (χ2n) is 5.58. The van der Waals surface area contributed by atoms with Gasteiger partial charge in [-0.15, -0.1) is 0 Å². The van der Waals surface area contributed by atoms with Crippen molar-refractivity contribution in [1.29, 1.82) is 0 Å². The molecule has 0 aliphatic heterocycles. The molecule has 0 amide bonds. The molecule has 0 atom stereocenters. The van der Waals surface area contributed by atoms with E-state index >= 15 is 0 Å². The van der Waals surface area contributed by atoms with Gasteiger partial charge in [-0.05, 0) is 17.5 Å². The van der Waals surface area contributed by atoms with E-state index in [0.717, 1.165) is 12.1 Å². The number of Topliss-reactive ketones (excluding diaryl/α,β-unsaturated/α-hetero) is 2. The Bertz CT molecular complexity index is 613. The van der Waals surface area contributed by atoms with E-state index in [4.69, 9.17) is 0 Å². The second-order valence-corrected chi connectivity index (χ2v) is 5.58. The Morgan fingerprint density at radius 1 is 1.14 bits per heavy atom. The highest BCUT2D eigenvalue weighted by molar-refractivity contribution is 6.22. The van der Waals surface area contributed by atoms with Crippen LogP contribution in [0.15, 0.2) is 36.0 Å². The molecule has 118 valence electrons. The van der Waals surface area contributed by atoms with Gasteiger partial charge in [-0.1, -0.05) is 18.2 Å². The van der Waals surface area contributed by atoms with Crippen LogP contribution in [0.25, 0.3) is 0 Å². The molecule has 1 aliphatic rings. The van der Waals surface area contributed by atoms with Gasteiger partial charge in [0.05, 0.1) is 11.1 Å². The predicted octanol–water partition coefficient (Wildman–Crippen LogP) is 3.17. The Hall–Kier alpha value is -2.11. The lowest BCUT2D eigenvalue weighted by molar-refractivity contribution is -0.137. The fourth-order valence-electron chi connectivity index (χ4n) is 2.50. The van der Waals surface area contributed by atoms with Crippen molar-refractivity contribution >= 4 is 11.6 Å². The van der Waals surface area contributed by atoms with E-state index in [1.807, 2.05) is 0 Å². The first-order chi connectivity index (χ1) is 10.2. The monoisotopic (exact) mass is 311 g/mol. The number of ketones is 2. The number of nitrogens with zero attached hydrogens (tertiary/aromatic N) is 1. The van der Waals surface area contributed by atoms with Crippen LogP contribution in [0.3, 0.4) is 0 Å². The van der Waals surface area contributed by atoms with Crippen LogP contribution in [0.1, 0.15) is 29.9 Å². The number of hydrogen-bond acceptors (Lipinski definition) is 3. The zero-order chi connectivity index (χ0) is 16.5. The average Bonchev–Trinajstić information content (AvgIpc) is 2.41. The largest absolute Gasteiger partial charge is 0.416 e. The van der Waals surface area contributed by atoms with Gasteiger partial charge >= 0.3 is 6.18 Å². The van der Waals surface area contributed by atoms with Gasteiger partial charge in [-0.2, -0.15) is 13.2 Å². The maximum atomic E-state index is 12.7. The fraction of sp³-hybridized carbons (Fsp3) is 0.375. The average molecular weight is 311 g/mol. The Labute approximate surface area is 126 Å². The van der Waals surface area contributed by atoms with Crippen LogP contribution in [0.5, 0.6) is 0 Å². The minimum Gasteiger partial charge on any atom is -0.383 e. The second kappa shape index (κ2) is 5.94. The summed E-state index contributed by atoms with van der Waals surface area (Å²) in [6, 6.07) is 4.83. The van der Waals surface area contributed by atoms with E-state index in [0.29, 0.717) is 5.56 Å². The predicted molar refractivity (Wildman–Crippen MR) is 75.2 cm³/mol. The molecule has 0 aromatic heterocycles. The van der Waals surface area contributed by atoms with E-state index in [1.54, 1.807) is 19.0 Å². The Kier molecular flexibility index (Phi) is 4.39. The minimum absolute atomic E-state index is 0.0483. The molecule has 1 saturated carbocycles. The van der Waals surface area contributed by atoms with Gasteiger partial charge in [0.2, 0.25) is 0 Å². The summed E-state index contributed by atoms with van der Waals surface area (Å²) >= 11 is 0. The highest BCUT2D eigenvalue weighted by Crippen LogP contribution is 2.35. The highest BCUT2D eigenvalue weighted by atomic mass is 19.4. The standard InChI is InChI=1S/C16H16F3NO2/c1-20(2)9-13-14(21)7-11(8-15(13)22)10-4-3-5-12(6-10)16(17,18)19/h3-6,9,11H,7-8H2,1-2H3. The maximum absolute atomic E-state index is 12.7. The van der Waals surface area contributed by atoms with Crippen molar-refractivity contribution in [3.8, 4) is 0 Å². The number of carbonyl (C=O) groups excluding carboxylic acids is 2. The van der Waals surface area contributed by atoms with Gasteiger partial charge in [0, 0.05) is 33.1 Å². The number of halogens is 3. The Morgan fingerprint density at radius 3 is 2.23 bits per heavy atom. The summed E-state index contributed by atoms with van der Waals surface area (Å²) in [4.78, 5) is 25.7. The summed E-state index contributed by atoms with van der Waals surface area (Å²) in [7, 11) is 3.40. The molecule has 0 unspecified atom stereocenters. The molecule has 0 radical (unpaired) electrons. The van der Waals surface area contributed by atoms with Gasteiger partial charge in [0.25, 0.3) is 0 Å². The number of benzene rings is 1. The molecule has 22 heavy (non-hydrogen) atoms. The van der Waals surface area contributed by atoms with E-state index in [-0.39, 0.29) is 30.0 Å². The molecule has 1 aliphatic carbocycles. The smallest absolute Gasteiger partial charge is 0.383 e. The fourth-order valence-corrected chi connectivity index (χ4v) is 2.50. The lowest BCUT2D eigenvalue weighted by Gasteiger charge is -2.23. The molecular formula is C16H16F3NO2. The number of rotatable bonds is 2. The van der Waals surface area contributed by atoms with Crippen molar-refractivity contribution in [3.63, 3.8) is 0 Å². The van der Waals surface area contributed by atoms with E-state index < -0.39 is 17.7 Å². The normalized spacial score (nSPS) is 19.3. The molecule has 0 heterocycles. The van der Waals surface area contributed by atoms with Crippen LogP contribution >= 0.6 is 0 Å².